The zero-order valence-corrected chi connectivity index (χ0v) is 11.8. The van der Waals surface area contributed by atoms with E-state index in [1.54, 1.807) is 19.1 Å². The summed E-state index contributed by atoms with van der Waals surface area (Å²) in [6, 6.07) is 10.2. The molecular weight excluding hydrogens is 289 g/mol. The van der Waals surface area contributed by atoms with E-state index in [-0.39, 0.29) is 17.9 Å². The van der Waals surface area contributed by atoms with E-state index in [2.05, 4.69) is 10.6 Å². The molecule has 7 heteroatoms. The Hall–Kier alpha value is -2.96. The lowest BCUT2D eigenvalue weighted by atomic mass is 10.2. The van der Waals surface area contributed by atoms with E-state index in [1.165, 1.54) is 30.3 Å². The number of nitro benzene ring substituents is 1. The molecule has 0 aliphatic heterocycles. The highest BCUT2D eigenvalue weighted by molar-refractivity contribution is 5.94. The summed E-state index contributed by atoms with van der Waals surface area (Å²) in [4.78, 5) is 22.0. The van der Waals surface area contributed by atoms with Crippen LogP contribution in [-0.2, 0) is 4.79 Å². The minimum absolute atomic E-state index is 0.0670. The molecule has 0 saturated heterocycles. The smallest absolute Gasteiger partial charge is 0.271 e. The van der Waals surface area contributed by atoms with Gasteiger partial charge in [0.1, 0.15) is 5.82 Å². The lowest BCUT2D eigenvalue weighted by molar-refractivity contribution is -0.384. The molecule has 2 N–H and O–H groups in total. The Balaban J connectivity index is 2.01. The van der Waals surface area contributed by atoms with Crippen LogP contribution in [-0.4, -0.2) is 17.4 Å². The minimum atomic E-state index is -0.526. The van der Waals surface area contributed by atoms with Crippen LogP contribution in [0.3, 0.4) is 0 Å². The fraction of sp³-hybridized carbons (Fsp3) is 0.133. The maximum atomic E-state index is 13.4. The number of nitrogens with one attached hydrogen (secondary N) is 2. The van der Waals surface area contributed by atoms with E-state index in [0.29, 0.717) is 5.69 Å². The number of aryl methyl sites for hydroxylation is 1. The number of non-ortho nitro benzene ring substituents is 1. The summed E-state index contributed by atoms with van der Waals surface area (Å²) in [6.45, 7) is 1.64. The van der Waals surface area contributed by atoms with Gasteiger partial charge in [0.05, 0.1) is 17.2 Å². The number of para-hydroxylation sites is 1. The van der Waals surface area contributed by atoms with E-state index in [0.717, 1.165) is 5.56 Å². The van der Waals surface area contributed by atoms with Gasteiger partial charge in [-0.3, -0.25) is 14.9 Å². The number of carbonyl (C=O) groups excluding carboxylic acids is 1. The largest absolute Gasteiger partial charge is 0.376 e. The molecule has 1 amide bonds. The second-order valence-corrected chi connectivity index (χ2v) is 4.64. The maximum absolute atomic E-state index is 13.4. The van der Waals surface area contributed by atoms with Crippen molar-refractivity contribution >= 4 is 23.0 Å². The van der Waals surface area contributed by atoms with Crippen LogP contribution in [0.2, 0.25) is 0 Å². The fourth-order valence-electron chi connectivity index (χ4n) is 1.85. The molecular formula is C15H14FN3O3. The normalized spacial score (nSPS) is 10.1. The van der Waals surface area contributed by atoms with Crippen molar-refractivity contribution in [1.29, 1.82) is 0 Å². The van der Waals surface area contributed by atoms with Gasteiger partial charge >= 0.3 is 0 Å². The first-order valence-electron chi connectivity index (χ1n) is 6.50. The van der Waals surface area contributed by atoms with Crippen LogP contribution in [0.4, 0.5) is 21.5 Å². The Labute approximate surface area is 126 Å². The Bertz CT molecular complexity index is 719. The summed E-state index contributed by atoms with van der Waals surface area (Å²) in [5.41, 5.74) is 1.27. The summed E-state index contributed by atoms with van der Waals surface area (Å²) < 4.78 is 13.4. The lowest BCUT2D eigenvalue weighted by Crippen LogP contribution is -2.22. The molecule has 0 aliphatic rings. The summed E-state index contributed by atoms with van der Waals surface area (Å²) in [7, 11) is 0. The number of hydrogen-bond acceptors (Lipinski definition) is 4. The van der Waals surface area contributed by atoms with Crippen molar-refractivity contribution in [1.82, 2.24) is 0 Å². The number of nitro groups is 1. The zero-order chi connectivity index (χ0) is 16.1. The van der Waals surface area contributed by atoms with Gasteiger partial charge in [0.25, 0.3) is 5.69 Å². The molecule has 2 aromatic rings. The van der Waals surface area contributed by atoms with Crippen LogP contribution >= 0.6 is 0 Å². The molecule has 0 heterocycles. The number of amides is 1. The molecule has 0 aliphatic carbocycles. The first-order valence-corrected chi connectivity index (χ1v) is 6.50. The molecule has 22 heavy (non-hydrogen) atoms. The highest BCUT2D eigenvalue weighted by Crippen LogP contribution is 2.21. The second-order valence-electron chi connectivity index (χ2n) is 4.64. The van der Waals surface area contributed by atoms with Gasteiger partial charge in [0.15, 0.2) is 0 Å². The van der Waals surface area contributed by atoms with Crippen molar-refractivity contribution in [3.63, 3.8) is 0 Å². The molecule has 0 spiro atoms. The Morgan fingerprint density at radius 1 is 1.23 bits per heavy atom. The third-order valence-corrected chi connectivity index (χ3v) is 3.02. The monoisotopic (exact) mass is 303 g/mol. The van der Waals surface area contributed by atoms with E-state index < -0.39 is 16.6 Å². The van der Waals surface area contributed by atoms with Gasteiger partial charge < -0.3 is 10.6 Å². The highest BCUT2D eigenvalue weighted by atomic mass is 19.1. The van der Waals surface area contributed by atoms with Crippen molar-refractivity contribution in [2.75, 3.05) is 17.2 Å². The number of halogens is 1. The zero-order valence-electron chi connectivity index (χ0n) is 11.8. The summed E-state index contributed by atoms with van der Waals surface area (Å²) in [5.74, 6) is -0.974. The Morgan fingerprint density at radius 2 is 1.95 bits per heavy atom. The number of benzene rings is 2. The summed E-state index contributed by atoms with van der Waals surface area (Å²) in [6.07, 6.45) is 0. The second kappa shape index (κ2) is 6.66. The first kappa shape index (κ1) is 15.4. The van der Waals surface area contributed by atoms with Crippen LogP contribution in [0.1, 0.15) is 5.56 Å². The van der Waals surface area contributed by atoms with Crippen molar-refractivity contribution in [3.05, 3.63) is 64.0 Å². The van der Waals surface area contributed by atoms with Gasteiger partial charge in [0.2, 0.25) is 5.91 Å². The van der Waals surface area contributed by atoms with E-state index in [4.69, 9.17) is 0 Å². The quantitative estimate of drug-likeness (QED) is 0.656. The van der Waals surface area contributed by atoms with Crippen LogP contribution in [0.5, 0.6) is 0 Å². The van der Waals surface area contributed by atoms with Crippen molar-refractivity contribution < 1.29 is 14.1 Å². The van der Waals surface area contributed by atoms with E-state index in [9.17, 15) is 19.3 Å². The summed E-state index contributed by atoms with van der Waals surface area (Å²) in [5, 5.41) is 16.0. The lowest BCUT2D eigenvalue weighted by Gasteiger charge is -2.10. The van der Waals surface area contributed by atoms with E-state index in [1.807, 2.05) is 0 Å². The third kappa shape index (κ3) is 3.78. The molecule has 0 bridgehead atoms. The molecule has 0 unspecified atom stereocenters. The molecule has 0 fully saturated rings. The maximum Gasteiger partial charge on any atom is 0.271 e. The fourth-order valence-corrected chi connectivity index (χ4v) is 1.85. The SMILES string of the molecule is Cc1ccc([N+](=O)[O-])cc1NCC(=O)Nc1ccccc1F. The van der Waals surface area contributed by atoms with Gasteiger partial charge in [-0.25, -0.2) is 4.39 Å². The van der Waals surface area contributed by atoms with Gasteiger partial charge in [-0.1, -0.05) is 18.2 Å². The van der Waals surface area contributed by atoms with Gasteiger partial charge in [-0.15, -0.1) is 0 Å². The van der Waals surface area contributed by atoms with E-state index >= 15 is 0 Å². The highest BCUT2D eigenvalue weighted by Gasteiger charge is 2.10. The molecule has 2 aromatic carbocycles. The molecule has 0 atom stereocenters. The third-order valence-electron chi connectivity index (χ3n) is 3.02. The van der Waals surface area contributed by atoms with Crippen LogP contribution in [0.25, 0.3) is 0 Å². The number of carbonyl (C=O) groups is 1. The minimum Gasteiger partial charge on any atom is -0.376 e. The number of hydrogen-bond donors (Lipinski definition) is 2. The van der Waals surface area contributed by atoms with Crippen LogP contribution < -0.4 is 10.6 Å². The van der Waals surface area contributed by atoms with Crippen molar-refractivity contribution in [3.8, 4) is 0 Å². The number of nitrogens with zero attached hydrogens (tertiary/aromatic N) is 1. The molecule has 0 aromatic heterocycles. The average molecular weight is 303 g/mol. The molecule has 114 valence electrons. The molecule has 0 radical (unpaired) electrons. The number of anilines is 2. The topological polar surface area (TPSA) is 84.3 Å². The molecule has 6 nitrogen and oxygen atoms in total. The molecule has 2 rings (SSSR count). The van der Waals surface area contributed by atoms with Gasteiger partial charge in [-0.05, 0) is 24.6 Å². The van der Waals surface area contributed by atoms with Crippen molar-refractivity contribution in [2.45, 2.75) is 6.92 Å². The predicted octanol–water partition coefficient (Wildman–Crippen LogP) is 3.09. The Kier molecular flexibility index (Phi) is 4.67. The number of rotatable bonds is 5. The standard InChI is InChI=1S/C15H14FN3O3/c1-10-6-7-11(19(21)22)8-14(10)17-9-15(20)18-13-5-3-2-4-12(13)16/h2-8,17H,9H2,1H3,(H,18,20). The van der Waals surface area contributed by atoms with Crippen LogP contribution in [0, 0.1) is 22.9 Å². The first-order chi connectivity index (χ1) is 10.5. The Morgan fingerprint density at radius 3 is 2.64 bits per heavy atom. The van der Waals surface area contributed by atoms with Gasteiger partial charge in [-0.2, -0.15) is 0 Å². The van der Waals surface area contributed by atoms with Crippen molar-refractivity contribution in [2.24, 2.45) is 0 Å². The van der Waals surface area contributed by atoms with Crippen LogP contribution in [0.15, 0.2) is 42.5 Å². The predicted molar refractivity (Wildman–Crippen MR) is 81.4 cm³/mol. The average Bonchev–Trinajstić information content (AvgIpc) is 2.48. The van der Waals surface area contributed by atoms with Gasteiger partial charge in [0, 0.05) is 17.8 Å². The summed E-state index contributed by atoms with van der Waals surface area (Å²) >= 11 is 0. The molecule has 0 saturated carbocycles.